The van der Waals surface area contributed by atoms with Crippen molar-refractivity contribution in [2.75, 3.05) is 0 Å². The molecule has 5 aromatic rings. The normalized spacial score (nSPS) is 11.2. The van der Waals surface area contributed by atoms with Crippen LogP contribution in [0.4, 0.5) is 0 Å². The topological polar surface area (TPSA) is 70.4 Å². The van der Waals surface area contributed by atoms with Crippen LogP contribution < -0.4 is 5.56 Å². The molecule has 5 heteroatoms. The van der Waals surface area contributed by atoms with Gasteiger partial charge in [0.1, 0.15) is 5.75 Å². The molecule has 152 valence electrons. The third kappa shape index (κ3) is 3.11. The number of aromatic amines is 1. The Kier molecular flexibility index (Phi) is 4.44. The summed E-state index contributed by atoms with van der Waals surface area (Å²) in [5.41, 5.74) is 6.71. The quantitative estimate of drug-likeness (QED) is 0.424. The van der Waals surface area contributed by atoms with E-state index < -0.39 is 0 Å². The molecule has 0 atom stereocenters. The first kappa shape index (κ1) is 18.9. The van der Waals surface area contributed by atoms with Crippen LogP contribution in [0.5, 0.6) is 5.75 Å². The zero-order chi connectivity index (χ0) is 21.5. The fourth-order valence-electron chi connectivity index (χ4n) is 4.01. The predicted octanol–water partition coefficient (Wildman–Crippen LogP) is 5.35. The molecule has 3 aromatic carbocycles. The molecule has 2 aromatic heterocycles. The first-order valence-corrected chi connectivity index (χ1v) is 10.1. The Balaban J connectivity index is 1.86. The molecule has 5 rings (SSSR count). The molecule has 0 amide bonds. The third-order valence-corrected chi connectivity index (χ3v) is 5.57. The number of nitrogens with one attached hydrogen (secondary N) is 1. The van der Waals surface area contributed by atoms with Crippen molar-refractivity contribution < 1.29 is 5.11 Å². The van der Waals surface area contributed by atoms with E-state index in [1.165, 1.54) is 4.52 Å². The number of aromatic nitrogens is 3. The molecule has 2 N–H and O–H groups in total. The number of H-pyrrole nitrogens is 1. The second kappa shape index (κ2) is 7.29. The Hall–Kier alpha value is -4.12. The van der Waals surface area contributed by atoms with Crippen LogP contribution in [-0.2, 0) is 0 Å². The van der Waals surface area contributed by atoms with E-state index in [1.807, 2.05) is 80.6 Å². The van der Waals surface area contributed by atoms with Crippen molar-refractivity contribution in [1.82, 2.24) is 14.6 Å². The molecule has 0 aliphatic rings. The maximum Gasteiger partial charge on any atom is 0.280 e. The molecule has 0 saturated heterocycles. The largest absolute Gasteiger partial charge is 0.508 e. The van der Waals surface area contributed by atoms with Crippen LogP contribution in [-0.4, -0.2) is 19.7 Å². The number of hydrogen-bond donors (Lipinski definition) is 2. The molecule has 0 radical (unpaired) electrons. The highest BCUT2D eigenvalue weighted by molar-refractivity contribution is 5.91. The molecule has 0 bridgehead atoms. The fraction of sp³-hybridized carbons (Fsp3) is 0.0769. The lowest BCUT2D eigenvalue weighted by atomic mass is 10.0. The van der Waals surface area contributed by atoms with Gasteiger partial charge in [-0.2, -0.15) is 4.52 Å². The number of fused-ring (bicyclic) bond motifs is 1. The van der Waals surface area contributed by atoms with Gasteiger partial charge >= 0.3 is 0 Å². The average Bonchev–Trinajstić information content (AvgIpc) is 3.17. The van der Waals surface area contributed by atoms with Crippen LogP contribution in [0.15, 0.2) is 83.7 Å². The van der Waals surface area contributed by atoms with Gasteiger partial charge in [-0.3, -0.25) is 9.89 Å². The lowest BCUT2D eigenvalue weighted by molar-refractivity contribution is 0.471. The van der Waals surface area contributed by atoms with E-state index in [0.717, 1.165) is 27.9 Å². The number of nitrogens with zero attached hydrogens (tertiary/aromatic N) is 2. The van der Waals surface area contributed by atoms with Gasteiger partial charge in [-0.1, -0.05) is 66.7 Å². The summed E-state index contributed by atoms with van der Waals surface area (Å²) < 4.78 is 1.52. The average molecular weight is 407 g/mol. The van der Waals surface area contributed by atoms with Crippen LogP contribution in [0.3, 0.4) is 0 Å². The SMILES string of the molecule is Cc1cc(-c2c(C)nc3c(-c4ccccc4)c(-c4ccccc4)[nH]n3c2=O)ccc1O. The number of aryl methyl sites for hydroxylation is 2. The highest BCUT2D eigenvalue weighted by atomic mass is 16.3. The minimum absolute atomic E-state index is 0.174. The van der Waals surface area contributed by atoms with E-state index in [9.17, 15) is 9.90 Å². The summed E-state index contributed by atoms with van der Waals surface area (Å²) in [4.78, 5) is 18.5. The van der Waals surface area contributed by atoms with Gasteiger partial charge < -0.3 is 5.11 Å². The van der Waals surface area contributed by atoms with Gasteiger partial charge in [-0.25, -0.2) is 4.98 Å². The van der Waals surface area contributed by atoms with Crippen LogP contribution in [0.2, 0.25) is 0 Å². The lowest BCUT2D eigenvalue weighted by Crippen LogP contribution is -2.19. The summed E-state index contributed by atoms with van der Waals surface area (Å²) in [7, 11) is 0. The van der Waals surface area contributed by atoms with Crippen molar-refractivity contribution >= 4 is 5.65 Å². The summed E-state index contributed by atoms with van der Waals surface area (Å²) in [6, 6.07) is 25.1. The van der Waals surface area contributed by atoms with Gasteiger partial charge in [0.25, 0.3) is 5.56 Å². The molecule has 0 saturated carbocycles. The Morgan fingerprint density at radius 2 is 1.45 bits per heavy atom. The second-order valence-corrected chi connectivity index (χ2v) is 7.63. The second-order valence-electron chi connectivity index (χ2n) is 7.63. The first-order valence-electron chi connectivity index (χ1n) is 10.1. The Morgan fingerprint density at radius 3 is 2.10 bits per heavy atom. The van der Waals surface area contributed by atoms with Gasteiger partial charge in [0.05, 0.1) is 22.5 Å². The first-order chi connectivity index (χ1) is 15.0. The van der Waals surface area contributed by atoms with Crippen LogP contribution in [0.1, 0.15) is 11.3 Å². The highest BCUT2D eigenvalue weighted by Gasteiger charge is 2.21. The highest BCUT2D eigenvalue weighted by Crippen LogP contribution is 2.35. The zero-order valence-electron chi connectivity index (χ0n) is 17.3. The molecule has 0 aliphatic heterocycles. The summed E-state index contributed by atoms with van der Waals surface area (Å²) in [5, 5.41) is 13.2. The van der Waals surface area contributed by atoms with E-state index in [4.69, 9.17) is 4.98 Å². The molecule has 31 heavy (non-hydrogen) atoms. The molecule has 0 fully saturated rings. The predicted molar refractivity (Wildman–Crippen MR) is 123 cm³/mol. The van der Waals surface area contributed by atoms with Crippen molar-refractivity contribution in [2.45, 2.75) is 13.8 Å². The molecule has 5 nitrogen and oxygen atoms in total. The van der Waals surface area contributed by atoms with Crippen molar-refractivity contribution in [1.29, 1.82) is 0 Å². The van der Waals surface area contributed by atoms with Crippen molar-refractivity contribution in [3.8, 4) is 39.3 Å². The van der Waals surface area contributed by atoms with Crippen LogP contribution >= 0.6 is 0 Å². The zero-order valence-corrected chi connectivity index (χ0v) is 17.3. The monoisotopic (exact) mass is 407 g/mol. The summed E-state index contributed by atoms with van der Waals surface area (Å²) in [5.74, 6) is 0.202. The van der Waals surface area contributed by atoms with Crippen molar-refractivity contribution in [2.24, 2.45) is 0 Å². The van der Waals surface area contributed by atoms with Gasteiger partial charge in [-0.15, -0.1) is 0 Å². The maximum absolute atomic E-state index is 13.6. The molecule has 0 spiro atoms. The van der Waals surface area contributed by atoms with Crippen LogP contribution in [0.25, 0.3) is 39.2 Å². The number of phenols is 1. The molecular weight excluding hydrogens is 386 g/mol. The van der Waals surface area contributed by atoms with Crippen LogP contribution in [0, 0.1) is 13.8 Å². The standard InChI is InChI=1S/C26H21N3O2/c1-16-15-20(13-14-21(16)30)22-17(2)27-25-23(18-9-5-3-6-10-18)24(28-29(25)26(22)31)19-11-7-4-8-12-19/h3-15,28,30H,1-2H3. The van der Waals surface area contributed by atoms with E-state index in [1.54, 1.807) is 12.1 Å². The molecule has 0 unspecified atom stereocenters. The maximum atomic E-state index is 13.6. The minimum Gasteiger partial charge on any atom is -0.508 e. The van der Waals surface area contributed by atoms with E-state index in [0.29, 0.717) is 22.5 Å². The van der Waals surface area contributed by atoms with Gasteiger partial charge in [-0.05, 0) is 42.7 Å². The molecule has 0 aliphatic carbocycles. The number of benzene rings is 3. The summed E-state index contributed by atoms with van der Waals surface area (Å²) >= 11 is 0. The Morgan fingerprint density at radius 1 is 0.806 bits per heavy atom. The van der Waals surface area contributed by atoms with Crippen molar-refractivity contribution in [3.63, 3.8) is 0 Å². The number of hydrogen-bond acceptors (Lipinski definition) is 3. The molecule has 2 heterocycles. The van der Waals surface area contributed by atoms with E-state index in [2.05, 4.69) is 5.10 Å². The Labute approximate surface area is 179 Å². The van der Waals surface area contributed by atoms with Gasteiger partial charge in [0.15, 0.2) is 5.65 Å². The Bertz CT molecular complexity index is 1470. The number of phenolic OH excluding ortho intramolecular Hbond substituents is 1. The van der Waals surface area contributed by atoms with Crippen molar-refractivity contribution in [3.05, 3.63) is 100 Å². The summed E-state index contributed by atoms with van der Waals surface area (Å²) in [6.07, 6.45) is 0. The third-order valence-electron chi connectivity index (χ3n) is 5.57. The van der Waals surface area contributed by atoms with Gasteiger partial charge in [0, 0.05) is 5.56 Å². The van der Waals surface area contributed by atoms with E-state index in [-0.39, 0.29) is 11.3 Å². The minimum atomic E-state index is -0.174. The lowest BCUT2D eigenvalue weighted by Gasteiger charge is -2.08. The summed E-state index contributed by atoms with van der Waals surface area (Å²) in [6.45, 7) is 3.66. The molecular formula is C26H21N3O2. The number of aromatic hydroxyl groups is 1. The number of rotatable bonds is 3. The van der Waals surface area contributed by atoms with E-state index >= 15 is 0 Å². The smallest absolute Gasteiger partial charge is 0.280 e. The fourth-order valence-corrected chi connectivity index (χ4v) is 4.01. The van der Waals surface area contributed by atoms with Gasteiger partial charge in [0.2, 0.25) is 0 Å².